The molecular formula is C44H83NO4. The Bertz CT molecular complexity index is 742. The number of hydrogen-bond acceptors (Lipinski definition) is 5. The summed E-state index contributed by atoms with van der Waals surface area (Å²) >= 11 is 0. The number of carbonyl (C=O) groups excluding carboxylic acids is 2. The van der Waals surface area contributed by atoms with Crippen molar-refractivity contribution in [2.75, 3.05) is 26.2 Å². The van der Waals surface area contributed by atoms with E-state index in [0.717, 1.165) is 77.2 Å². The van der Waals surface area contributed by atoms with E-state index < -0.39 is 0 Å². The summed E-state index contributed by atoms with van der Waals surface area (Å²) in [6.45, 7) is 13.0. The molecule has 0 saturated carbocycles. The van der Waals surface area contributed by atoms with E-state index in [1.807, 2.05) is 0 Å². The van der Waals surface area contributed by atoms with Crippen LogP contribution in [0, 0.1) is 0 Å². The van der Waals surface area contributed by atoms with Crippen molar-refractivity contribution in [3.8, 4) is 0 Å². The molecule has 0 bridgehead atoms. The molecule has 0 saturated heterocycles. The molecule has 0 unspecified atom stereocenters. The van der Waals surface area contributed by atoms with Gasteiger partial charge in [0.05, 0.1) is 6.61 Å². The van der Waals surface area contributed by atoms with E-state index in [1.165, 1.54) is 116 Å². The van der Waals surface area contributed by atoms with Crippen LogP contribution in [0.5, 0.6) is 0 Å². The summed E-state index contributed by atoms with van der Waals surface area (Å²) in [5.74, 6) is -0.0177. The lowest BCUT2D eigenvalue weighted by molar-refractivity contribution is -0.150. The third kappa shape index (κ3) is 36.0. The number of hydrogen-bond donors (Lipinski definition) is 0. The van der Waals surface area contributed by atoms with E-state index in [0.29, 0.717) is 19.4 Å². The first-order chi connectivity index (χ1) is 24.1. The van der Waals surface area contributed by atoms with Gasteiger partial charge in [0.1, 0.15) is 6.10 Å². The highest BCUT2D eigenvalue weighted by atomic mass is 16.5. The van der Waals surface area contributed by atoms with E-state index in [2.05, 4.69) is 56.9 Å². The molecule has 49 heavy (non-hydrogen) atoms. The summed E-state index contributed by atoms with van der Waals surface area (Å²) < 4.78 is 11.4. The topological polar surface area (TPSA) is 55.8 Å². The molecule has 0 radical (unpaired) electrons. The summed E-state index contributed by atoms with van der Waals surface area (Å²) in [6, 6.07) is 0. The highest BCUT2D eigenvalue weighted by Gasteiger charge is 2.13. The number of nitrogens with zero attached hydrogens (tertiary/aromatic N) is 1. The van der Waals surface area contributed by atoms with Crippen molar-refractivity contribution in [3.63, 3.8) is 0 Å². The molecule has 5 heteroatoms. The van der Waals surface area contributed by atoms with Crippen LogP contribution in [0.2, 0.25) is 0 Å². The SMILES string of the molecule is CCCC/C=C\CCC(CC/C=C\CCCC)OC(=O)CCCCCCCN(CC)CCCCCCCC(=O)OCCCCCCCCC. The maximum atomic E-state index is 12.6. The fourth-order valence-corrected chi connectivity index (χ4v) is 6.20. The van der Waals surface area contributed by atoms with E-state index in [4.69, 9.17) is 9.47 Å². The maximum Gasteiger partial charge on any atom is 0.306 e. The molecule has 0 aliphatic rings. The summed E-state index contributed by atoms with van der Waals surface area (Å²) in [5, 5.41) is 0. The van der Waals surface area contributed by atoms with Crippen LogP contribution >= 0.6 is 0 Å². The largest absolute Gasteiger partial charge is 0.466 e. The average Bonchev–Trinajstić information content (AvgIpc) is 3.10. The van der Waals surface area contributed by atoms with E-state index in [9.17, 15) is 9.59 Å². The molecule has 0 aliphatic heterocycles. The molecule has 0 atom stereocenters. The van der Waals surface area contributed by atoms with Gasteiger partial charge in [0.15, 0.2) is 0 Å². The van der Waals surface area contributed by atoms with E-state index in [-0.39, 0.29) is 18.0 Å². The average molecular weight is 690 g/mol. The van der Waals surface area contributed by atoms with Gasteiger partial charge in [-0.05, 0) is 90.3 Å². The van der Waals surface area contributed by atoms with Crippen LogP contribution in [0.4, 0.5) is 0 Å². The van der Waals surface area contributed by atoms with Gasteiger partial charge in [0.25, 0.3) is 0 Å². The Balaban J connectivity index is 3.90. The lowest BCUT2D eigenvalue weighted by Gasteiger charge is -2.20. The minimum Gasteiger partial charge on any atom is -0.466 e. The van der Waals surface area contributed by atoms with Crippen LogP contribution in [0.25, 0.3) is 0 Å². The van der Waals surface area contributed by atoms with Gasteiger partial charge in [-0.1, -0.05) is 155 Å². The Kier molecular flexibility index (Phi) is 37.9. The van der Waals surface area contributed by atoms with E-state index in [1.54, 1.807) is 0 Å². The number of ether oxygens (including phenoxy) is 2. The second-order valence-electron chi connectivity index (χ2n) is 14.3. The fraction of sp³-hybridized carbons (Fsp3) is 0.864. The molecular weight excluding hydrogens is 606 g/mol. The Morgan fingerprint density at radius 1 is 0.490 bits per heavy atom. The fourth-order valence-electron chi connectivity index (χ4n) is 6.20. The molecule has 288 valence electrons. The van der Waals surface area contributed by atoms with Crippen molar-refractivity contribution in [3.05, 3.63) is 24.3 Å². The van der Waals surface area contributed by atoms with Crippen LogP contribution in [-0.2, 0) is 19.1 Å². The second-order valence-corrected chi connectivity index (χ2v) is 14.3. The molecule has 0 aliphatic carbocycles. The highest BCUT2D eigenvalue weighted by molar-refractivity contribution is 5.69. The van der Waals surface area contributed by atoms with Crippen molar-refractivity contribution < 1.29 is 19.1 Å². The van der Waals surface area contributed by atoms with Crippen molar-refractivity contribution in [2.24, 2.45) is 0 Å². The summed E-state index contributed by atoms with van der Waals surface area (Å²) in [4.78, 5) is 27.2. The Labute approximate surface area is 305 Å². The molecule has 0 aromatic rings. The quantitative estimate of drug-likeness (QED) is 0.0367. The molecule has 0 fully saturated rings. The monoisotopic (exact) mass is 690 g/mol. The van der Waals surface area contributed by atoms with Crippen molar-refractivity contribution in [2.45, 2.75) is 220 Å². The zero-order chi connectivity index (χ0) is 35.9. The number of rotatable bonds is 38. The number of allylic oxidation sites excluding steroid dienone is 4. The van der Waals surface area contributed by atoms with Gasteiger partial charge < -0.3 is 14.4 Å². The molecule has 0 spiro atoms. The normalized spacial score (nSPS) is 11.9. The first-order valence-corrected chi connectivity index (χ1v) is 21.4. The number of esters is 2. The maximum absolute atomic E-state index is 12.6. The van der Waals surface area contributed by atoms with Crippen LogP contribution in [0.3, 0.4) is 0 Å². The molecule has 0 amide bonds. The van der Waals surface area contributed by atoms with Gasteiger partial charge >= 0.3 is 11.9 Å². The highest BCUT2D eigenvalue weighted by Crippen LogP contribution is 2.15. The summed E-state index contributed by atoms with van der Waals surface area (Å²) in [6.07, 6.45) is 41.6. The van der Waals surface area contributed by atoms with Gasteiger partial charge in [-0.3, -0.25) is 9.59 Å². The first kappa shape index (κ1) is 47.4. The number of carbonyl (C=O) groups is 2. The number of unbranched alkanes of at least 4 members (excludes halogenated alkanes) is 18. The molecule has 0 rings (SSSR count). The second kappa shape index (κ2) is 39.2. The van der Waals surface area contributed by atoms with Crippen LogP contribution in [0.15, 0.2) is 24.3 Å². The van der Waals surface area contributed by atoms with Crippen molar-refractivity contribution in [1.82, 2.24) is 4.90 Å². The molecule has 0 heterocycles. The van der Waals surface area contributed by atoms with Crippen molar-refractivity contribution in [1.29, 1.82) is 0 Å². The third-order valence-corrected chi connectivity index (χ3v) is 9.56. The Hall–Kier alpha value is -1.62. The van der Waals surface area contributed by atoms with Gasteiger partial charge in [-0.25, -0.2) is 0 Å². The van der Waals surface area contributed by atoms with Crippen LogP contribution in [0.1, 0.15) is 214 Å². The zero-order valence-corrected chi connectivity index (χ0v) is 33.3. The van der Waals surface area contributed by atoms with Gasteiger partial charge in [-0.2, -0.15) is 0 Å². The lowest BCUT2D eigenvalue weighted by Crippen LogP contribution is -2.25. The zero-order valence-electron chi connectivity index (χ0n) is 33.3. The smallest absolute Gasteiger partial charge is 0.306 e. The summed E-state index contributed by atoms with van der Waals surface area (Å²) in [5.41, 5.74) is 0. The van der Waals surface area contributed by atoms with Crippen LogP contribution < -0.4 is 0 Å². The minimum atomic E-state index is -0.00922. The van der Waals surface area contributed by atoms with Gasteiger partial charge in [-0.15, -0.1) is 0 Å². The van der Waals surface area contributed by atoms with E-state index >= 15 is 0 Å². The molecule has 5 nitrogen and oxygen atoms in total. The van der Waals surface area contributed by atoms with Crippen molar-refractivity contribution >= 4 is 11.9 Å². The summed E-state index contributed by atoms with van der Waals surface area (Å²) in [7, 11) is 0. The predicted molar refractivity (Wildman–Crippen MR) is 212 cm³/mol. The molecule has 0 aromatic heterocycles. The molecule has 0 aromatic carbocycles. The van der Waals surface area contributed by atoms with Gasteiger partial charge in [0, 0.05) is 12.8 Å². The third-order valence-electron chi connectivity index (χ3n) is 9.56. The molecule has 0 N–H and O–H groups in total. The van der Waals surface area contributed by atoms with Crippen LogP contribution in [-0.4, -0.2) is 49.2 Å². The Morgan fingerprint density at radius 3 is 1.43 bits per heavy atom. The standard InChI is InChI=1S/C44H83NO4/c1-5-9-12-15-18-27-34-41-48-43(46)37-30-23-19-25-32-39-45(8-4)40-33-26-20-24-31-38-44(47)49-42(35-28-21-16-13-10-6-2)36-29-22-17-14-11-7-3/h16-17,21-22,42H,5-15,18-20,23-41H2,1-4H3/b21-16-,22-17-. The first-order valence-electron chi connectivity index (χ1n) is 21.4. The predicted octanol–water partition coefficient (Wildman–Crippen LogP) is 13.2. The van der Waals surface area contributed by atoms with Gasteiger partial charge in [0.2, 0.25) is 0 Å². The Morgan fingerprint density at radius 2 is 0.918 bits per heavy atom. The minimum absolute atomic E-state index is 0.00850. The lowest BCUT2D eigenvalue weighted by atomic mass is 10.1.